The van der Waals surface area contributed by atoms with Crippen LogP contribution in [-0.2, 0) is 16.1 Å². The van der Waals surface area contributed by atoms with E-state index in [-0.39, 0.29) is 18.4 Å². The number of urea groups is 1. The summed E-state index contributed by atoms with van der Waals surface area (Å²) in [5.41, 5.74) is 2.86. The summed E-state index contributed by atoms with van der Waals surface area (Å²) < 4.78 is 0. The van der Waals surface area contributed by atoms with Crippen molar-refractivity contribution in [2.24, 2.45) is 0 Å². The van der Waals surface area contributed by atoms with E-state index in [2.05, 4.69) is 0 Å². The van der Waals surface area contributed by atoms with E-state index >= 15 is 0 Å². The van der Waals surface area contributed by atoms with Crippen LogP contribution in [0.15, 0.2) is 35.7 Å². The zero-order valence-electron chi connectivity index (χ0n) is 15.9. The standard InChI is InChI=1S/C20H23N3O3S/c1-13-5-7-16(8-6-13)23-15(3)19(25)22(20(23)26)12-18(24)21(4)11-17-14(2)9-10-27-17/h5-10,15H,11-12H2,1-4H3/t15-/m1/s1. The van der Waals surface area contributed by atoms with Gasteiger partial charge in [0.15, 0.2) is 0 Å². The molecule has 0 spiro atoms. The summed E-state index contributed by atoms with van der Waals surface area (Å²) in [6.45, 7) is 5.86. The van der Waals surface area contributed by atoms with Crippen LogP contribution in [0, 0.1) is 13.8 Å². The largest absolute Gasteiger partial charge is 0.339 e. The molecule has 142 valence electrons. The predicted octanol–water partition coefficient (Wildman–Crippen LogP) is 3.18. The molecule has 2 aromatic rings. The highest BCUT2D eigenvalue weighted by Crippen LogP contribution is 2.26. The Morgan fingerprint density at radius 2 is 1.81 bits per heavy atom. The molecule has 0 aliphatic carbocycles. The summed E-state index contributed by atoms with van der Waals surface area (Å²) in [6.07, 6.45) is 0. The van der Waals surface area contributed by atoms with E-state index in [9.17, 15) is 14.4 Å². The van der Waals surface area contributed by atoms with Crippen LogP contribution in [0.25, 0.3) is 0 Å². The maximum absolute atomic E-state index is 12.8. The smallest absolute Gasteiger partial charge is 0.332 e. The minimum Gasteiger partial charge on any atom is -0.339 e. The average Bonchev–Trinajstić information content (AvgIpc) is 3.12. The maximum Gasteiger partial charge on any atom is 0.332 e. The number of aryl methyl sites for hydroxylation is 2. The second kappa shape index (κ2) is 7.52. The molecule has 1 saturated heterocycles. The van der Waals surface area contributed by atoms with Crippen molar-refractivity contribution in [3.8, 4) is 0 Å². The van der Waals surface area contributed by atoms with Gasteiger partial charge >= 0.3 is 6.03 Å². The fourth-order valence-electron chi connectivity index (χ4n) is 3.04. The van der Waals surface area contributed by atoms with Crippen molar-refractivity contribution in [3.05, 3.63) is 51.7 Å². The van der Waals surface area contributed by atoms with E-state index in [0.29, 0.717) is 12.2 Å². The maximum atomic E-state index is 12.8. The molecule has 0 saturated carbocycles. The molecule has 0 bridgehead atoms. The molecule has 1 fully saturated rings. The molecule has 2 heterocycles. The van der Waals surface area contributed by atoms with Gasteiger partial charge in [0.25, 0.3) is 5.91 Å². The third kappa shape index (κ3) is 3.73. The van der Waals surface area contributed by atoms with Gasteiger partial charge in [-0.05, 0) is 49.9 Å². The molecule has 1 aromatic heterocycles. The van der Waals surface area contributed by atoms with Gasteiger partial charge in [-0.25, -0.2) is 4.79 Å². The molecule has 4 amide bonds. The Morgan fingerprint density at radius 1 is 1.15 bits per heavy atom. The van der Waals surface area contributed by atoms with Gasteiger partial charge in [-0.2, -0.15) is 0 Å². The molecule has 6 nitrogen and oxygen atoms in total. The lowest BCUT2D eigenvalue weighted by Crippen LogP contribution is -2.42. The van der Waals surface area contributed by atoms with Crippen molar-refractivity contribution < 1.29 is 14.4 Å². The average molecular weight is 385 g/mol. The predicted molar refractivity (Wildman–Crippen MR) is 106 cm³/mol. The van der Waals surface area contributed by atoms with Gasteiger partial charge < -0.3 is 4.90 Å². The highest BCUT2D eigenvalue weighted by atomic mass is 32.1. The van der Waals surface area contributed by atoms with Crippen LogP contribution < -0.4 is 4.90 Å². The van der Waals surface area contributed by atoms with Crippen LogP contribution in [0.2, 0.25) is 0 Å². The number of anilines is 1. The first kappa shape index (κ1) is 19.1. The second-order valence-electron chi connectivity index (χ2n) is 6.87. The number of hydrogen-bond acceptors (Lipinski definition) is 4. The van der Waals surface area contributed by atoms with E-state index < -0.39 is 12.1 Å². The zero-order chi connectivity index (χ0) is 19.7. The van der Waals surface area contributed by atoms with Gasteiger partial charge in [-0.15, -0.1) is 11.3 Å². The first-order valence-corrected chi connectivity index (χ1v) is 9.65. The van der Waals surface area contributed by atoms with Crippen LogP contribution in [-0.4, -0.2) is 47.3 Å². The van der Waals surface area contributed by atoms with E-state index in [1.807, 2.05) is 49.6 Å². The Hall–Kier alpha value is -2.67. The number of thiophene rings is 1. The Bertz CT molecular complexity index is 875. The van der Waals surface area contributed by atoms with Gasteiger partial charge in [0.05, 0.1) is 6.54 Å². The zero-order valence-corrected chi connectivity index (χ0v) is 16.7. The monoisotopic (exact) mass is 385 g/mol. The lowest BCUT2D eigenvalue weighted by Gasteiger charge is -2.21. The Morgan fingerprint density at radius 3 is 2.41 bits per heavy atom. The molecule has 0 unspecified atom stereocenters. The number of benzene rings is 1. The van der Waals surface area contributed by atoms with Crippen LogP contribution >= 0.6 is 11.3 Å². The van der Waals surface area contributed by atoms with Crippen molar-refractivity contribution in [2.45, 2.75) is 33.4 Å². The molecule has 1 aromatic carbocycles. The molecule has 0 radical (unpaired) electrons. The Labute approximate surface area is 163 Å². The fourth-order valence-corrected chi connectivity index (χ4v) is 4.00. The van der Waals surface area contributed by atoms with Gasteiger partial charge in [0.1, 0.15) is 12.6 Å². The number of carbonyl (C=O) groups excluding carboxylic acids is 3. The van der Waals surface area contributed by atoms with E-state index in [1.165, 1.54) is 4.90 Å². The highest BCUT2D eigenvalue weighted by Gasteiger charge is 2.44. The summed E-state index contributed by atoms with van der Waals surface area (Å²) in [4.78, 5) is 43.1. The lowest BCUT2D eigenvalue weighted by molar-refractivity contribution is -0.136. The minimum absolute atomic E-state index is 0.245. The normalized spacial score (nSPS) is 17.0. The number of hydrogen-bond donors (Lipinski definition) is 0. The summed E-state index contributed by atoms with van der Waals surface area (Å²) >= 11 is 1.59. The van der Waals surface area contributed by atoms with E-state index in [1.54, 1.807) is 30.2 Å². The van der Waals surface area contributed by atoms with Gasteiger partial charge in [0, 0.05) is 17.6 Å². The SMILES string of the molecule is Cc1ccc(N2C(=O)N(CC(=O)N(C)Cc3sccc3C)C(=O)[C@H]2C)cc1. The molecule has 1 aliphatic heterocycles. The molecular formula is C20H23N3O3S. The molecule has 0 N–H and O–H groups in total. The van der Waals surface area contributed by atoms with Crippen LogP contribution in [0.3, 0.4) is 0 Å². The first-order valence-electron chi connectivity index (χ1n) is 8.77. The van der Waals surface area contributed by atoms with Crippen LogP contribution in [0.5, 0.6) is 0 Å². The number of imide groups is 1. The topological polar surface area (TPSA) is 60.9 Å². The van der Waals surface area contributed by atoms with Crippen molar-refractivity contribution in [1.82, 2.24) is 9.80 Å². The summed E-state index contributed by atoms with van der Waals surface area (Å²) in [6, 6.07) is 8.34. The summed E-state index contributed by atoms with van der Waals surface area (Å²) in [7, 11) is 1.69. The van der Waals surface area contributed by atoms with Crippen molar-refractivity contribution in [1.29, 1.82) is 0 Å². The third-order valence-electron chi connectivity index (χ3n) is 4.83. The number of amides is 4. The summed E-state index contributed by atoms with van der Waals surface area (Å²) in [5.74, 6) is -0.614. The molecular weight excluding hydrogens is 362 g/mol. The van der Waals surface area contributed by atoms with Crippen molar-refractivity contribution >= 4 is 34.9 Å². The first-order chi connectivity index (χ1) is 12.8. The van der Waals surface area contributed by atoms with Crippen molar-refractivity contribution in [3.63, 3.8) is 0 Å². The summed E-state index contributed by atoms with van der Waals surface area (Å²) in [5, 5.41) is 1.98. The number of nitrogens with zero attached hydrogens (tertiary/aromatic N) is 3. The number of carbonyl (C=O) groups is 3. The van der Waals surface area contributed by atoms with Gasteiger partial charge in [-0.1, -0.05) is 17.7 Å². The number of likely N-dealkylation sites (N-methyl/N-ethyl adjacent to an activating group) is 1. The minimum atomic E-state index is -0.627. The Balaban J connectivity index is 1.71. The Kier molecular flexibility index (Phi) is 5.32. The van der Waals surface area contributed by atoms with Gasteiger partial charge in [0.2, 0.25) is 5.91 Å². The van der Waals surface area contributed by atoms with E-state index in [4.69, 9.17) is 0 Å². The van der Waals surface area contributed by atoms with Crippen molar-refractivity contribution in [2.75, 3.05) is 18.5 Å². The molecule has 27 heavy (non-hydrogen) atoms. The second-order valence-corrected chi connectivity index (χ2v) is 7.87. The molecule has 7 heteroatoms. The van der Waals surface area contributed by atoms with Crippen LogP contribution in [0.4, 0.5) is 10.5 Å². The molecule has 1 aliphatic rings. The lowest BCUT2D eigenvalue weighted by atomic mass is 10.2. The van der Waals surface area contributed by atoms with Gasteiger partial charge in [-0.3, -0.25) is 19.4 Å². The number of rotatable bonds is 5. The van der Waals surface area contributed by atoms with E-state index in [0.717, 1.165) is 20.9 Å². The molecule has 3 rings (SSSR count). The highest BCUT2D eigenvalue weighted by molar-refractivity contribution is 7.10. The quantitative estimate of drug-likeness (QED) is 0.743. The molecule has 1 atom stereocenters. The fraction of sp³-hybridized carbons (Fsp3) is 0.350. The third-order valence-corrected chi connectivity index (χ3v) is 5.84. The van der Waals surface area contributed by atoms with Crippen LogP contribution in [0.1, 0.15) is 22.9 Å².